The predicted octanol–water partition coefficient (Wildman–Crippen LogP) is 2.77. The van der Waals surface area contributed by atoms with Gasteiger partial charge in [-0.3, -0.25) is 4.79 Å². The highest BCUT2D eigenvalue weighted by Crippen LogP contribution is 2.23. The van der Waals surface area contributed by atoms with Crippen LogP contribution < -0.4 is 10.3 Å². The van der Waals surface area contributed by atoms with E-state index in [1.165, 1.54) is 0 Å². The Balaban J connectivity index is 2.33. The molecule has 1 aromatic carbocycles. The van der Waals surface area contributed by atoms with E-state index in [1.807, 2.05) is 52.9 Å². The first-order valence-corrected chi connectivity index (χ1v) is 5.45. The lowest BCUT2D eigenvalue weighted by Crippen LogP contribution is -2.09. The number of hydrogen-bond donors (Lipinski definition) is 1. The molecule has 0 atom stereocenters. The van der Waals surface area contributed by atoms with Crippen LogP contribution in [0.15, 0.2) is 47.4 Å². The van der Waals surface area contributed by atoms with E-state index < -0.39 is 0 Å². The molecule has 0 saturated carbocycles. The molecule has 1 heterocycles. The Morgan fingerprint density at radius 2 is 1.87 bits per heavy atom. The largest absolute Gasteiger partial charge is 0.456 e. The Bertz CT molecular complexity index is 507. The number of aromatic nitrogens is 1. The second-order valence-corrected chi connectivity index (χ2v) is 3.98. The Kier molecular flexibility index (Phi) is 3.05. The summed E-state index contributed by atoms with van der Waals surface area (Å²) in [5.41, 5.74) is -0.135. The SMILES string of the molecule is O=c1[nH]ccc(Oc2ccccc2)c1I. The van der Waals surface area contributed by atoms with Crippen molar-refractivity contribution in [1.82, 2.24) is 4.98 Å². The minimum atomic E-state index is -0.135. The van der Waals surface area contributed by atoms with Gasteiger partial charge in [-0.15, -0.1) is 0 Å². The van der Waals surface area contributed by atoms with Gasteiger partial charge in [-0.1, -0.05) is 18.2 Å². The van der Waals surface area contributed by atoms with Crippen LogP contribution in [0, 0.1) is 3.57 Å². The summed E-state index contributed by atoms with van der Waals surface area (Å²) in [6, 6.07) is 11.1. The molecule has 3 nitrogen and oxygen atoms in total. The van der Waals surface area contributed by atoms with Crippen molar-refractivity contribution in [2.45, 2.75) is 0 Å². The molecule has 0 saturated heterocycles. The van der Waals surface area contributed by atoms with Crippen LogP contribution in [-0.4, -0.2) is 4.98 Å². The van der Waals surface area contributed by atoms with Gasteiger partial charge >= 0.3 is 0 Å². The van der Waals surface area contributed by atoms with Crippen LogP contribution in [0.25, 0.3) is 0 Å². The maximum Gasteiger partial charge on any atom is 0.265 e. The molecule has 0 amide bonds. The summed E-state index contributed by atoms with van der Waals surface area (Å²) < 4.78 is 6.12. The maximum absolute atomic E-state index is 11.3. The quantitative estimate of drug-likeness (QED) is 0.866. The molecule has 1 N–H and O–H groups in total. The third-order valence-corrected chi connectivity index (χ3v) is 2.86. The smallest absolute Gasteiger partial charge is 0.265 e. The number of benzene rings is 1. The van der Waals surface area contributed by atoms with Gasteiger partial charge in [0.1, 0.15) is 15.1 Å². The van der Waals surface area contributed by atoms with Crippen LogP contribution in [0.1, 0.15) is 0 Å². The Morgan fingerprint density at radius 1 is 1.13 bits per heavy atom. The van der Waals surface area contributed by atoms with Crippen molar-refractivity contribution in [1.29, 1.82) is 0 Å². The second kappa shape index (κ2) is 4.48. The Morgan fingerprint density at radius 3 is 2.60 bits per heavy atom. The number of hydrogen-bond acceptors (Lipinski definition) is 2. The molecule has 0 spiro atoms. The summed E-state index contributed by atoms with van der Waals surface area (Å²) >= 11 is 1.96. The molecule has 15 heavy (non-hydrogen) atoms. The highest BCUT2D eigenvalue weighted by atomic mass is 127. The molecule has 0 aliphatic carbocycles. The van der Waals surface area contributed by atoms with E-state index in [2.05, 4.69) is 4.98 Å². The van der Waals surface area contributed by atoms with Crippen molar-refractivity contribution in [3.63, 3.8) is 0 Å². The molecule has 0 fully saturated rings. The zero-order valence-corrected chi connectivity index (χ0v) is 9.89. The lowest BCUT2D eigenvalue weighted by Gasteiger charge is -2.05. The van der Waals surface area contributed by atoms with Gasteiger partial charge in [0.2, 0.25) is 0 Å². The lowest BCUT2D eigenvalue weighted by atomic mass is 10.3. The molecule has 76 valence electrons. The third-order valence-electron chi connectivity index (χ3n) is 1.84. The predicted molar refractivity (Wildman–Crippen MR) is 66.3 cm³/mol. The first-order valence-electron chi connectivity index (χ1n) is 4.37. The average molecular weight is 313 g/mol. The summed E-state index contributed by atoms with van der Waals surface area (Å²) in [5, 5.41) is 0. The fourth-order valence-electron chi connectivity index (χ4n) is 1.14. The molecule has 0 unspecified atom stereocenters. The number of rotatable bonds is 2. The van der Waals surface area contributed by atoms with Crippen LogP contribution in [0.2, 0.25) is 0 Å². The number of halogens is 1. The fourth-order valence-corrected chi connectivity index (χ4v) is 1.58. The number of pyridine rings is 1. The topological polar surface area (TPSA) is 42.1 Å². The zero-order valence-electron chi connectivity index (χ0n) is 7.74. The molecule has 0 radical (unpaired) electrons. The second-order valence-electron chi connectivity index (χ2n) is 2.90. The summed E-state index contributed by atoms with van der Waals surface area (Å²) in [7, 11) is 0. The summed E-state index contributed by atoms with van der Waals surface area (Å²) in [6.07, 6.45) is 1.57. The summed E-state index contributed by atoms with van der Waals surface area (Å²) in [5.74, 6) is 1.30. The first kappa shape index (κ1) is 10.2. The third kappa shape index (κ3) is 2.38. The number of aromatic amines is 1. The Hall–Kier alpha value is -1.30. The van der Waals surface area contributed by atoms with Gasteiger partial charge in [0, 0.05) is 6.20 Å². The number of ether oxygens (including phenoxy) is 1. The van der Waals surface area contributed by atoms with Crippen molar-refractivity contribution in [3.05, 3.63) is 56.5 Å². The number of para-hydroxylation sites is 1. The fraction of sp³-hybridized carbons (Fsp3) is 0. The van der Waals surface area contributed by atoms with E-state index in [-0.39, 0.29) is 5.56 Å². The molecule has 2 aromatic rings. The highest BCUT2D eigenvalue weighted by Gasteiger charge is 2.04. The van der Waals surface area contributed by atoms with Gasteiger partial charge in [0.05, 0.1) is 0 Å². The first-order chi connectivity index (χ1) is 7.27. The van der Waals surface area contributed by atoms with Gasteiger partial charge in [0.15, 0.2) is 0 Å². The van der Waals surface area contributed by atoms with Gasteiger partial charge in [-0.2, -0.15) is 0 Å². The van der Waals surface area contributed by atoms with Gasteiger partial charge in [0.25, 0.3) is 5.56 Å². The van der Waals surface area contributed by atoms with Crippen LogP contribution in [-0.2, 0) is 0 Å². The molecular weight excluding hydrogens is 305 g/mol. The standard InChI is InChI=1S/C11H8INO2/c12-10-9(6-7-13-11(10)14)15-8-4-2-1-3-5-8/h1-7H,(H,13,14). The van der Waals surface area contributed by atoms with Gasteiger partial charge in [-0.25, -0.2) is 0 Å². The monoisotopic (exact) mass is 313 g/mol. The van der Waals surface area contributed by atoms with Crippen molar-refractivity contribution < 1.29 is 4.74 Å². The van der Waals surface area contributed by atoms with Gasteiger partial charge < -0.3 is 9.72 Å². The van der Waals surface area contributed by atoms with E-state index in [9.17, 15) is 4.79 Å². The molecule has 4 heteroatoms. The average Bonchev–Trinajstić information content (AvgIpc) is 2.26. The minimum absolute atomic E-state index is 0.135. The lowest BCUT2D eigenvalue weighted by molar-refractivity contribution is 0.477. The molecule has 0 aliphatic rings. The molecule has 0 bridgehead atoms. The number of H-pyrrole nitrogens is 1. The highest BCUT2D eigenvalue weighted by molar-refractivity contribution is 14.1. The van der Waals surface area contributed by atoms with E-state index in [1.54, 1.807) is 12.3 Å². The normalized spacial score (nSPS) is 9.93. The summed E-state index contributed by atoms with van der Waals surface area (Å²) in [6.45, 7) is 0. The van der Waals surface area contributed by atoms with E-state index >= 15 is 0 Å². The van der Waals surface area contributed by atoms with E-state index in [4.69, 9.17) is 4.74 Å². The van der Waals surface area contributed by atoms with Gasteiger partial charge in [-0.05, 0) is 40.8 Å². The van der Waals surface area contributed by atoms with E-state index in [0.29, 0.717) is 9.32 Å². The van der Waals surface area contributed by atoms with Crippen molar-refractivity contribution in [2.75, 3.05) is 0 Å². The van der Waals surface area contributed by atoms with Crippen LogP contribution in [0.5, 0.6) is 11.5 Å². The summed E-state index contributed by atoms with van der Waals surface area (Å²) in [4.78, 5) is 13.9. The minimum Gasteiger partial charge on any atom is -0.456 e. The van der Waals surface area contributed by atoms with Crippen LogP contribution >= 0.6 is 22.6 Å². The van der Waals surface area contributed by atoms with E-state index in [0.717, 1.165) is 5.75 Å². The van der Waals surface area contributed by atoms with Crippen LogP contribution in [0.4, 0.5) is 0 Å². The molecule has 1 aromatic heterocycles. The maximum atomic E-state index is 11.3. The van der Waals surface area contributed by atoms with Crippen molar-refractivity contribution in [3.8, 4) is 11.5 Å². The molecule has 0 aliphatic heterocycles. The van der Waals surface area contributed by atoms with Crippen molar-refractivity contribution in [2.24, 2.45) is 0 Å². The Labute approximate surface area is 100 Å². The van der Waals surface area contributed by atoms with Crippen LogP contribution in [0.3, 0.4) is 0 Å². The number of nitrogens with one attached hydrogen (secondary N) is 1. The zero-order chi connectivity index (χ0) is 10.7. The molecule has 2 rings (SSSR count). The molecular formula is C11H8INO2. The van der Waals surface area contributed by atoms with Crippen molar-refractivity contribution >= 4 is 22.6 Å².